The first-order chi connectivity index (χ1) is 11.2. The fraction of sp³-hybridized carbons (Fsp3) is 0.375. The molecule has 0 spiro atoms. The molecule has 0 N–H and O–H groups in total. The molecule has 24 heavy (non-hydrogen) atoms. The summed E-state index contributed by atoms with van der Waals surface area (Å²) in [5.74, 6) is -1.91. The Morgan fingerprint density at radius 1 is 1.29 bits per heavy atom. The van der Waals surface area contributed by atoms with Gasteiger partial charge in [0, 0.05) is 11.9 Å². The molecule has 0 saturated heterocycles. The summed E-state index contributed by atoms with van der Waals surface area (Å²) in [6.45, 7) is 1.15. The zero-order chi connectivity index (χ0) is 17.3. The van der Waals surface area contributed by atoms with E-state index in [-0.39, 0.29) is 19.5 Å². The predicted molar refractivity (Wildman–Crippen MR) is 77.5 cm³/mol. The van der Waals surface area contributed by atoms with Gasteiger partial charge in [0.25, 0.3) is 0 Å². The molecule has 1 unspecified atom stereocenters. The number of nitrogens with zero attached hydrogens (tertiary/aromatic N) is 2. The number of alkyl halides is 3. The molecule has 1 aromatic carbocycles. The highest BCUT2D eigenvalue weighted by atomic mass is 19.4. The van der Waals surface area contributed by atoms with E-state index < -0.39 is 23.8 Å². The summed E-state index contributed by atoms with van der Waals surface area (Å²) < 4.78 is 45.2. The summed E-state index contributed by atoms with van der Waals surface area (Å²) in [6.07, 6.45) is -5.35. The van der Waals surface area contributed by atoms with Gasteiger partial charge in [-0.05, 0) is 25.0 Å². The number of halogens is 3. The molecule has 2 aliphatic rings. The smallest absolute Gasteiger partial charge is 0.434 e. The van der Waals surface area contributed by atoms with E-state index in [0.717, 1.165) is 15.8 Å². The average Bonchev–Trinajstić information content (AvgIpc) is 2.91. The van der Waals surface area contributed by atoms with Gasteiger partial charge in [-0.1, -0.05) is 18.2 Å². The molecular weight excluding hydrogens is 325 g/mol. The third-order valence-corrected chi connectivity index (χ3v) is 4.63. The third-order valence-electron chi connectivity index (χ3n) is 4.63. The van der Waals surface area contributed by atoms with Crippen molar-refractivity contribution in [1.29, 1.82) is 0 Å². The van der Waals surface area contributed by atoms with Crippen molar-refractivity contribution >= 4 is 22.9 Å². The lowest BCUT2D eigenvalue weighted by Gasteiger charge is -2.29. The van der Waals surface area contributed by atoms with Gasteiger partial charge in [-0.3, -0.25) is 4.79 Å². The van der Waals surface area contributed by atoms with Crippen LogP contribution in [0.5, 0.6) is 0 Å². The second-order valence-electron chi connectivity index (χ2n) is 6.25. The number of fused-ring (bicyclic) bond motifs is 3. The predicted octanol–water partition coefficient (Wildman–Crippen LogP) is 2.80. The first-order valence-corrected chi connectivity index (χ1v) is 7.44. The quantitative estimate of drug-likeness (QED) is 0.742. The minimum Gasteiger partial charge on any atom is -0.434 e. The molecule has 3 heterocycles. The largest absolute Gasteiger partial charge is 0.471 e. The summed E-state index contributed by atoms with van der Waals surface area (Å²) >= 11 is 0. The Hall–Kier alpha value is -2.51. The lowest BCUT2D eigenvalue weighted by molar-refractivity contribution is -0.187. The molecule has 1 amide bonds. The molecule has 1 atom stereocenters. The Kier molecular flexibility index (Phi) is 2.83. The number of benzene rings is 1. The number of carbonyl (C=O) groups is 2. The molecule has 0 saturated carbocycles. The maximum atomic E-state index is 12.8. The van der Waals surface area contributed by atoms with Crippen LogP contribution in [0.25, 0.3) is 10.9 Å². The molecule has 126 valence electrons. The van der Waals surface area contributed by atoms with E-state index >= 15 is 0 Å². The van der Waals surface area contributed by atoms with Crippen molar-refractivity contribution in [2.24, 2.45) is 0 Å². The minimum absolute atomic E-state index is 0.0769. The topological polar surface area (TPSA) is 51.5 Å². The lowest BCUT2D eigenvalue weighted by Crippen LogP contribution is -2.47. The molecular formula is C16H13F3N2O3. The molecule has 8 heteroatoms. The first-order valence-electron chi connectivity index (χ1n) is 7.44. The molecule has 4 rings (SSSR count). The summed E-state index contributed by atoms with van der Waals surface area (Å²) in [6, 6.07) is 7.19. The van der Waals surface area contributed by atoms with E-state index in [1.165, 1.54) is 4.57 Å². The van der Waals surface area contributed by atoms with E-state index in [2.05, 4.69) is 0 Å². The van der Waals surface area contributed by atoms with Gasteiger partial charge in [-0.2, -0.15) is 13.2 Å². The lowest BCUT2D eigenvalue weighted by atomic mass is 9.97. The van der Waals surface area contributed by atoms with Crippen LogP contribution >= 0.6 is 0 Å². The number of hydrogen-bond donors (Lipinski definition) is 0. The van der Waals surface area contributed by atoms with Crippen LogP contribution in [0.4, 0.5) is 18.0 Å². The highest BCUT2D eigenvalue weighted by molar-refractivity contribution is 5.96. The van der Waals surface area contributed by atoms with Gasteiger partial charge in [0.05, 0.1) is 17.8 Å². The number of amides is 1. The second kappa shape index (κ2) is 4.52. The molecule has 5 nitrogen and oxygen atoms in total. The van der Waals surface area contributed by atoms with Gasteiger partial charge in [0.1, 0.15) is 0 Å². The average molecular weight is 338 g/mol. The molecule has 1 aromatic heterocycles. The van der Waals surface area contributed by atoms with Crippen LogP contribution in [0.15, 0.2) is 24.3 Å². The highest BCUT2D eigenvalue weighted by Gasteiger charge is 2.52. The Morgan fingerprint density at radius 2 is 2.00 bits per heavy atom. The van der Waals surface area contributed by atoms with Crippen LogP contribution in [0.1, 0.15) is 18.2 Å². The molecule has 0 bridgehead atoms. The summed E-state index contributed by atoms with van der Waals surface area (Å²) in [7, 11) is 0. The fourth-order valence-electron chi connectivity index (χ4n) is 3.74. The van der Waals surface area contributed by atoms with E-state index in [9.17, 15) is 22.8 Å². The van der Waals surface area contributed by atoms with Crippen molar-refractivity contribution in [1.82, 2.24) is 9.47 Å². The maximum absolute atomic E-state index is 12.8. The van der Waals surface area contributed by atoms with Gasteiger partial charge in [0.2, 0.25) is 0 Å². The molecule has 0 radical (unpaired) electrons. The van der Waals surface area contributed by atoms with Crippen molar-refractivity contribution in [2.45, 2.75) is 25.1 Å². The van der Waals surface area contributed by atoms with Crippen LogP contribution in [0, 0.1) is 0 Å². The standard InChI is InChI=1S/C16H13F3N2O3/c1-15-8-20(13(22)16(17,18)19)7-6-10-9-4-2-3-5-11(9)21(12(10)15)14(23)24-15/h2-5H,6-8H2,1H3. The summed E-state index contributed by atoms with van der Waals surface area (Å²) in [5.41, 5.74) is 0.692. The van der Waals surface area contributed by atoms with Crippen molar-refractivity contribution in [3.05, 3.63) is 35.5 Å². The zero-order valence-electron chi connectivity index (χ0n) is 12.7. The Balaban J connectivity index is 1.88. The zero-order valence-corrected chi connectivity index (χ0v) is 12.7. The normalized spacial score (nSPS) is 23.2. The van der Waals surface area contributed by atoms with Crippen molar-refractivity contribution in [3.63, 3.8) is 0 Å². The van der Waals surface area contributed by atoms with Crippen molar-refractivity contribution < 1.29 is 27.5 Å². The number of hydrogen-bond acceptors (Lipinski definition) is 3. The van der Waals surface area contributed by atoms with Crippen molar-refractivity contribution in [3.8, 4) is 0 Å². The number of carbonyl (C=O) groups excluding carboxylic acids is 2. The van der Waals surface area contributed by atoms with Crippen LogP contribution < -0.4 is 0 Å². The van der Waals surface area contributed by atoms with Gasteiger partial charge in [-0.25, -0.2) is 9.36 Å². The maximum Gasteiger partial charge on any atom is 0.471 e. The van der Waals surface area contributed by atoms with E-state index in [0.29, 0.717) is 11.2 Å². The number of aromatic nitrogens is 1. The van der Waals surface area contributed by atoms with E-state index in [1.54, 1.807) is 25.1 Å². The van der Waals surface area contributed by atoms with Gasteiger partial charge in [-0.15, -0.1) is 0 Å². The monoisotopic (exact) mass is 338 g/mol. The van der Waals surface area contributed by atoms with Gasteiger partial charge >= 0.3 is 18.2 Å². The van der Waals surface area contributed by atoms with Gasteiger partial charge in [0.15, 0.2) is 5.60 Å². The fourth-order valence-corrected chi connectivity index (χ4v) is 3.74. The van der Waals surface area contributed by atoms with E-state index in [1.807, 2.05) is 6.07 Å². The number of para-hydroxylation sites is 1. The highest BCUT2D eigenvalue weighted by Crippen LogP contribution is 2.43. The Bertz CT molecular complexity index is 887. The molecule has 2 aromatic rings. The summed E-state index contributed by atoms with van der Waals surface area (Å²) in [4.78, 5) is 24.7. The van der Waals surface area contributed by atoms with Crippen LogP contribution in [0.3, 0.4) is 0 Å². The molecule has 0 fully saturated rings. The minimum atomic E-state index is -4.95. The number of rotatable bonds is 0. The molecule has 0 aliphatic carbocycles. The Labute approximate surface area is 134 Å². The SMILES string of the molecule is CC12CN(C(=O)C(F)(F)F)CCc3c1n(c1ccccc31)C(=O)O2. The summed E-state index contributed by atoms with van der Waals surface area (Å²) in [5, 5.41) is 0.802. The van der Waals surface area contributed by atoms with Gasteiger partial charge < -0.3 is 9.64 Å². The van der Waals surface area contributed by atoms with Crippen LogP contribution in [-0.4, -0.2) is 40.7 Å². The molecule has 2 aliphatic heterocycles. The van der Waals surface area contributed by atoms with Crippen LogP contribution in [-0.2, 0) is 21.6 Å². The van der Waals surface area contributed by atoms with Crippen LogP contribution in [0.2, 0.25) is 0 Å². The van der Waals surface area contributed by atoms with Crippen molar-refractivity contribution in [2.75, 3.05) is 13.1 Å². The number of ether oxygens (including phenoxy) is 1. The first kappa shape index (κ1) is 15.0. The second-order valence-corrected chi connectivity index (χ2v) is 6.25. The van der Waals surface area contributed by atoms with E-state index in [4.69, 9.17) is 4.74 Å². The Morgan fingerprint density at radius 3 is 2.71 bits per heavy atom. The third kappa shape index (κ3) is 1.88.